The molecule has 0 bridgehead atoms. The largest absolute Gasteiger partial charge is 0.373 e. The summed E-state index contributed by atoms with van der Waals surface area (Å²) in [5, 5.41) is 3.22. The van der Waals surface area contributed by atoms with Crippen LogP contribution >= 0.6 is 0 Å². The summed E-state index contributed by atoms with van der Waals surface area (Å²) < 4.78 is 36.5. The number of rotatable bonds is 8. The number of hydrogen-bond acceptors (Lipinski definition) is 4. The average Bonchev–Trinajstić information content (AvgIpc) is 2.36. The van der Waals surface area contributed by atoms with Crippen LogP contribution in [0.4, 0.5) is 10.1 Å². The third-order valence-electron chi connectivity index (χ3n) is 3.16. The molecule has 0 spiro atoms. The van der Waals surface area contributed by atoms with Crippen LogP contribution in [0.5, 0.6) is 0 Å². The molecule has 0 aliphatic heterocycles. The van der Waals surface area contributed by atoms with Gasteiger partial charge in [-0.2, -0.15) is 0 Å². The van der Waals surface area contributed by atoms with Crippen molar-refractivity contribution in [1.29, 1.82) is 0 Å². The van der Waals surface area contributed by atoms with Crippen LogP contribution in [-0.2, 0) is 16.4 Å². The number of sulfone groups is 1. The quantitative estimate of drug-likeness (QED) is 0.797. The van der Waals surface area contributed by atoms with Crippen LogP contribution in [0.3, 0.4) is 0 Å². The van der Waals surface area contributed by atoms with E-state index >= 15 is 0 Å². The Morgan fingerprint density at radius 2 is 2.00 bits per heavy atom. The highest BCUT2D eigenvalue weighted by Gasteiger charge is 2.13. The first-order chi connectivity index (χ1) is 9.70. The molecule has 0 aromatic heterocycles. The monoisotopic (exact) mass is 316 g/mol. The summed E-state index contributed by atoms with van der Waals surface area (Å²) in [6.45, 7) is 5.77. The second-order valence-electron chi connectivity index (χ2n) is 5.81. The van der Waals surface area contributed by atoms with Gasteiger partial charge in [-0.15, -0.1) is 0 Å². The van der Waals surface area contributed by atoms with Crippen molar-refractivity contribution >= 4 is 15.5 Å². The highest BCUT2D eigenvalue weighted by molar-refractivity contribution is 7.90. The van der Waals surface area contributed by atoms with E-state index in [4.69, 9.17) is 0 Å². The van der Waals surface area contributed by atoms with Gasteiger partial charge in [0.15, 0.2) is 0 Å². The minimum Gasteiger partial charge on any atom is -0.373 e. The van der Waals surface area contributed by atoms with Crippen molar-refractivity contribution in [3.8, 4) is 0 Å². The second-order valence-corrected chi connectivity index (χ2v) is 8.07. The Labute approximate surface area is 127 Å². The third kappa shape index (κ3) is 6.44. The van der Waals surface area contributed by atoms with Crippen LogP contribution in [0, 0.1) is 11.7 Å². The summed E-state index contributed by atoms with van der Waals surface area (Å²) in [4.78, 5) is 1.79. The molecule has 0 fully saturated rings. The maximum Gasteiger partial charge on any atom is 0.149 e. The number of nitrogens with one attached hydrogen (secondary N) is 1. The lowest BCUT2D eigenvalue weighted by Crippen LogP contribution is -2.27. The van der Waals surface area contributed by atoms with Gasteiger partial charge in [-0.25, -0.2) is 12.8 Å². The predicted molar refractivity (Wildman–Crippen MR) is 85.9 cm³/mol. The maximum atomic E-state index is 14.0. The number of halogens is 1. The van der Waals surface area contributed by atoms with E-state index < -0.39 is 9.84 Å². The van der Waals surface area contributed by atoms with Crippen molar-refractivity contribution in [1.82, 2.24) is 5.32 Å². The Kier molecular flexibility index (Phi) is 6.61. The van der Waals surface area contributed by atoms with Crippen molar-refractivity contribution in [2.75, 3.05) is 37.0 Å². The molecule has 4 nitrogen and oxygen atoms in total. The third-order valence-corrected chi connectivity index (χ3v) is 4.08. The molecule has 6 heteroatoms. The van der Waals surface area contributed by atoms with E-state index in [2.05, 4.69) is 19.2 Å². The summed E-state index contributed by atoms with van der Waals surface area (Å²) >= 11 is 0. The van der Waals surface area contributed by atoms with E-state index in [9.17, 15) is 12.8 Å². The van der Waals surface area contributed by atoms with Gasteiger partial charge in [0.05, 0.1) is 5.75 Å². The number of benzene rings is 1. The van der Waals surface area contributed by atoms with Gasteiger partial charge in [0.25, 0.3) is 0 Å². The Balaban J connectivity index is 2.83. The normalized spacial score (nSPS) is 11.9. The highest BCUT2D eigenvalue weighted by Crippen LogP contribution is 2.22. The van der Waals surface area contributed by atoms with E-state index in [1.807, 2.05) is 6.07 Å². The molecule has 1 N–H and O–H groups in total. The van der Waals surface area contributed by atoms with E-state index in [0.29, 0.717) is 24.6 Å². The van der Waals surface area contributed by atoms with Gasteiger partial charge in [-0.05, 0) is 24.6 Å². The molecule has 1 rings (SSSR count). The lowest BCUT2D eigenvalue weighted by atomic mass is 10.1. The summed E-state index contributed by atoms with van der Waals surface area (Å²) in [5.41, 5.74) is 1.31. The summed E-state index contributed by atoms with van der Waals surface area (Å²) in [6, 6.07) is 4.89. The summed E-state index contributed by atoms with van der Waals surface area (Å²) in [7, 11) is -1.25. The van der Waals surface area contributed by atoms with Crippen LogP contribution in [0.15, 0.2) is 18.2 Å². The lowest BCUT2D eigenvalue weighted by Gasteiger charge is -2.23. The molecule has 21 heavy (non-hydrogen) atoms. The Morgan fingerprint density at radius 3 is 2.57 bits per heavy atom. The summed E-state index contributed by atoms with van der Waals surface area (Å²) in [6.07, 6.45) is 1.21. The molecule has 0 saturated heterocycles. The SMILES string of the molecule is CC(C)CNCc1c(F)cccc1N(C)CCS(C)(=O)=O. The van der Waals surface area contributed by atoms with Crippen molar-refractivity contribution in [3.05, 3.63) is 29.6 Å². The van der Waals surface area contributed by atoms with Crippen LogP contribution in [0.2, 0.25) is 0 Å². The Morgan fingerprint density at radius 1 is 1.33 bits per heavy atom. The van der Waals surface area contributed by atoms with Crippen molar-refractivity contribution in [2.45, 2.75) is 20.4 Å². The predicted octanol–water partition coefficient (Wildman–Crippen LogP) is 2.05. The minimum absolute atomic E-state index is 0.0544. The van der Waals surface area contributed by atoms with Gasteiger partial charge in [-0.1, -0.05) is 19.9 Å². The number of nitrogens with zero attached hydrogens (tertiary/aromatic N) is 1. The first-order valence-corrected chi connectivity index (χ1v) is 9.13. The molecule has 0 atom stereocenters. The van der Waals surface area contributed by atoms with Gasteiger partial charge in [0.1, 0.15) is 15.7 Å². The van der Waals surface area contributed by atoms with Crippen LogP contribution in [0.25, 0.3) is 0 Å². The fourth-order valence-electron chi connectivity index (χ4n) is 1.99. The standard InChI is InChI=1S/C15H25FN2O2S/c1-12(2)10-17-11-13-14(16)6-5-7-15(13)18(3)8-9-21(4,19)20/h5-7,12,17H,8-11H2,1-4H3. The van der Waals surface area contributed by atoms with Crippen LogP contribution < -0.4 is 10.2 Å². The molecule has 0 aliphatic rings. The Bertz CT molecular complexity index is 559. The Hall–Kier alpha value is -1.14. The van der Waals surface area contributed by atoms with Gasteiger partial charge >= 0.3 is 0 Å². The van der Waals surface area contributed by atoms with Crippen molar-refractivity contribution < 1.29 is 12.8 Å². The maximum absolute atomic E-state index is 14.0. The van der Waals surface area contributed by atoms with E-state index in [1.165, 1.54) is 12.3 Å². The molecule has 1 aromatic rings. The smallest absolute Gasteiger partial charge is 0.149 e. The highest BCUT2D eigenvalue weighted by atomic mass is 32.2. The average molecular weight is 316 g/mol. The van der Waals surface area contributed by atoms with Gasteiger partial charge in [0, 0.05) is 37.6 Å². The zero-order valence-corrected chi connectivity index (χ0v) is 14.0. The first-order valence-electron chi connectivity index (χ1n) is 7.07. The molecular formula is C15H25FN2O2S. The second kappa shape index (κ2) is 7.75. The molecule has 0 aliphatic carbocycles. The molecule has 0 saturated carbocycles. The molecule has 0 radical (unpaired) electrons. The first kappa shape index (κ1) is 17.9. The molecule has 0 amide bonds. The van der Waals surface area contributed by atoms with Gasteiger partial charge in [-0.3, -0.25) is 0 Å². The number of hydrogen-bond donors (Lipinski definition) is 1. The van der Waals surface area contributed by atoms with Crippen molar-refractivity contribution in [2.24, 2.45) is 5.92 Å². The van der Waals surface area contributed by atoms with Crippen LogP contribution in [0.1, 0.15) is 19.4 Å². The molecule has 0 unspecified atom stereocenters. The lowest BCUT2D eigenvalue weighted by molar-refractivity contribution is 0.534. The van der Waals surface area contributed by atoms with Gasteiger partial charge < -0.3 is 10.2 Å². The zero-order valence-electron chi connectivity index (χ0n) is 13.2. The van der Waals surface area contributed by atoms with E-state index in [1.54, 1.807) is 18.0 Å². The minimum atomic E-state index is -3.03. The van der Waals surface area contributed by atoms with E-state index in [-0.39, 0.29) is 11.6 Å². The molecule has 0 heterocycles. The topological polar surface area (TPSA) is 49.4 Å². The van der Waals surface area contributed by atoms with Gasteiger partial charge in [0.2, 0.25) is 0 Å². The fraction of sp³-hybridized carbons (Fsp3) is 0.600. The fourth-order valence-corrected chi connectivity index (χ4v) is 2.59. The van der Waals surface area contributed by atoms with Crippen molar-refractivity contribution in [3.63, 3.8) is 0 Å². The zero-order chi connectivity index (χ0) is 16.0. The summed E-state index contributed by atoms with van der Waals surface area (Å²) in [5.74, 6) is 0.275. The van der Waals surface area contributed by atoms with E-state index in [0.717, 1.165) is 12.2 Å². The molecular weight excluding hydrogens is 291 g/mol. The molecule has 120 valence electrons. The van der Waals surface area contributed by atoms with Crippen LogP contribution in [-0.4, -0.2) is 40.6 Å². The number of anilines is 1. The molecule has 1 aromatic carbocycles.